The molecule has 0 heterocycles. The summed E-state index contributed by atoms with van der Waals surface area (Å²) in [5.74, 6) is -0.380. The first-order valence-electron chi connectivity index (χ1n) is 6.38. The van der Waals surface area contributed by atoms with E-state index >= 15 is 0 Å². The van der Waals surface area contributed by atoms with Gasteiger partial charge in [-0.25, -0.2) is 0 Å². The second-order valence-corrected chi connectivity index (χ2v) is 5.30. The van der Waals surface area contributed by atoms with Crippen LogP contribution in [0.1, 0.15) is 30.6 Å². The first-order chi connectivity index (χ1) is 9.47. The monoisotopic (exact) mass is 349 g/mol. The van der Waals surface area contributed by atoms with Crippen molar-refractivity contribution in [1.82, 2.24) is 4.90 Å². The maximum absolute atomic E-state index is 12.5. The third-order valence-corrected chi connectivity index (χ3v) is 3.31. The van der Waals surface area contributed by atoms with Crippen molar-refractivity contribution in [3.8, 4) is 5.75 Å². The van der Waals surface area contributed by atoms with Crippen molar-refractivity contribution in [2.24, 2.45) is 0 Å². The molecule has 0 saturated heterocycles. The van der Waals surface area contributed by atoms with Gasteiger partial charge in [-0.05, 0) is 32.4 Å². The van der Waals surface area contributed by atoms with Crippen molar-refractivity contribution in [2.75, 3.05) is 11.9 Å². The normalized spacial score (nSPS) is 10.9. The molecule has 0 aliphatic rings. The highest BCUT2D eigenvalue weighted by molar-refractivity contribution is 9.09. The highest BCUT2D eigenvalue weighted by atomic mass is 79.9. The zero-order chi connectivity index (χ0) is 15.1. The molecule has 0 aliphatic heterocycles. The third kappa shape index (κ3) is 4.74. The van der Waals surface area contributed by atoms with Gasteiger partial charge in [-0.2, -0.15) is 8.78 Å². The molecular formula is C14H18BrF2NO2. The number of alkyl halides is 3. The number of rotatable bonds is 7. The molecule has 0 atom stereocenters. The Hall–Kier alpha value is -1.17. The lowest BCUT2D eigenvalue weighted by Crippen LogP contribution is -2.38. The molecule has 0 aromatic heterocycles. The Balaban J connectivity index is 2.99. The zero-order valence-corrected chi connectivity index (χ0v) is 13.1. The molecule has 0 bridgehead atoms. The van der Waals surface area contributed by atoms with Gasteiger partial charge < -0.3 is 9.64 Å². The summed E-state index contributed by atoms with van der Waals surface area (Å²) in [6.07, 6.45) is 0.793. The second kappa shape index (κ2) is 8.19. The van der Waals surface area contributed by atoms with Crippen molar-refractivity contribution < 1.29 is 18.3 Å². The van der Waals surface area contributed by atoms with Crippen molar-refractivity contribution >= 4 is 21.8 Å². The van der Waals surface area contributed by atoms with Crippen LogP contribution in [0, 0.1) is 0 Å². The van der Waals surface area contributed by atoms with Crippen LogP contribution in [-0.4, -0.2) is 35.3 Å². The molecule has 0 aliphatic carbocycles. The van der Waals surface area contributed by atoms with Crippen LogP contribution in [0.5, 0.6) is 5.75 Å². The number of carbonyl (C=O) groups excluding carboxylic acids is 1. The summed E-state index contributed by atoms with van der Waals surface area (Å²) in [4.78, 5) is 14.1. The number of nitrogens with zero attached hydrogens (tertiary/aromatic N) is 1. The summed E-state index contributed by atoms with van der Waals surface area (Å²) < 4.78 is 29.2. The predicted octanol–water partition coefficient (Wildman–Crippen LogP) is 3.92. The first kappa shape index (κ1) is 16.9. The molecule has 0 saturated carbocycles. The number of hydrogen-bond donors (Lipinski definition) is 0. The van der Waals surface area contributed by atoms with E-state index in [1.807, 2.05) is 13.8 Å². The fourth-order valence-electron chi connectivity index (χ4n) is 1.82. The molecular weight excluding hydrogens is 332 g/mol. The maximum Gasteiger partial charge on any atom is 0.387 e. The van der Waals surface area contributed by atoms with Gasteiger partial charge >= 0.3 is 6.61 Å². The molecule has 112 valence electrons. The van der Waals surface area contributed by atoms with Crippen LogP contribution in [0.2, 0.25) is 0 Å². The number of benzene rings is 1. The summed E-state index contributed by atoms with van der Waals surface area (Å²) in [5, 5.41) is 0.776. The molecule has 0 fully saturated rings. The average Bonchev–Trinajstić information content (AvgIpc) is 2.38. The van der Waals surface area contributed by atoms with Crippen LogP contribution in [0.15, 0.2) is 24.3 Å². The molecule has 20 heavy (non-hydrogen) atoms. The fourth-order valence-corrected chi connectivity index (χ4v) is 2.07. The average molecular weight is 350 g/mol. The van der Waals surface area contributed by atoms with Gasteiger partial charge in [-0.1, -0.05) is 28.1 Å². The second-order valence-electron chi connectivity index (χ2n) is 4.51. The quantitative estimate of drug-likeness (QED) is 0.698. The molecule has 1 aromatic carbocycles. The minimum Gasteiger partial charge on any atom is -0.434 e. The van der Waals surface area contributed by atoms with Crippen LogP contribution in [0.3, 0.4) is 0 Å². The third-order valence-electron chi connectivity index (χ3n) is 2.75. The number of para-hydroxylation sites is 1. The van der Waals surface area contributed by atoms with Gasteiger partial charge in [0.05, 0.1) is 5.56 Å². The van der Waals surface area contributed by atoms with Crippen LogP contribution < -0.4 is 4.74 Å². The van der Waals surface area contributed by atoms with E-state index in [9.17, 15) is 13.6 Å². The Bertz CT molecular complexity index is 441. The Morgan fingerprint density at radius 1 is 1.35 bits per heavy atom. The predicted molar refractivity (Wildman–Crippen MR) is 77.7 cm³/mol. The van der Waals surface area contributed by atoms with Crippen molar-refractivity contribution in [1.29, 1.82) is 0 Å². The molecule has 1 aromatic rings. The van der Waals surface area contributed by atoms with Gasteiger partial charge in [0.15, 0.2) is 0 Å². The molecule has 0 N–H and O–H groups in total. The van der Waals surface area contributed by atoms with Gasteiger partial charge in [-0.15, -0.1) is 0 Å². The van der Waals surface area contributed by atoms with E-state index < -0.39 is 6.61 Å². The lowest BCUT2D eigenvalue weighted by Gasteiger charge is -2.27. The Kier molecular flexibility index (Phi) is 6.91. The van der Waals surface area contributed by atoms with Crippen LogP contribution in [-0.2, 0) is 0 Å². The van der Waals surface area contributed by atoms with E-state index in [0.29, 0.717) is 6.54 Å². The van der Waals surface area contributed by atoms with Gasteiger partial charge in [0, 0.05) is 17.9 Å². The molecule has 1 amide bonds. The van der Waals surface area contributed by atoms with E-state index in [1.54, 1.807) is 17.0 Å². The van der Waals surface area contributed by atoms with E-state index in [4.69, 9.17) is 0 Å². The lowest BCUT2D eigenvalue weighted by atomic mass is 10.1. The SMILES string of the molecule is CC(C)N(CCCBr)C(=O)c1ccccc1OC(F)F. The summed E-state index contributed by atoms with van der Waals surface area (Å²) in [7, 11) is 0. The Morgan fingerprint density at radius 2 is 2.00 bits per heavy atom. The van der Waals surface area contributed by atoms with E-state index in [0.717, 1.165) is 11.8 Å². The first-order valence-corrected chi connectivity index (χ1v) is 7.50. The molecule has 0 unspecified atom stereocenters. The highest BCUT2D eigenvalue weighted by Gasteiger charge is 2.22. The van der Waals surface area contributed by atoms with E-state index in [-0.39, 0.29) is 23.3 Å². The van der Waals surface area contributed by atoms with E-state index in [2.05, 4.69) is 20.7 Å². The number of amides is 1. The minimum atomic E-state index is -2.95. The van der Waals surface area contributed by atoms with Crippen LogP contribution in [0.25, 0.3) is 0 Å². The van der Waals surface area contributed by atoms with E-state index in [1.165, 1.54) is 12.1 Å². The van der Waals surface area contributed by atoms with Gasteiger partial charge in [0.25, 0.3) is 5.91 Å². The molecule has 1 rings (SSSR count). The number of halogens is 3. The minimum absolute atomic E-state index is 0.0128. The zero-order valence-electron chi connectivity index (χ0n) is 11.5. The summed E-state index contributed by atoms with van der Waals surface area (Å²) in [5.41, 5.74) is 0.163. The standard InChI is InChI=1S/C14H18BrF2NO2/c1-10(2)18(9-5-8-15)13(19)11-6-3-4-7-12(11)20-14(16)17/h3-4,6-7,10,14H,5,8-9H2,1-2H3. The van der Waals surface area contributed by atoms with Crippen molar-refractivity contribution in [3.05, 3.63) is 29.8 Å². The van der Waals surface area contributed by atoms with Gasteiger partial charge in [-0.3, -0.25) is 4.79 Å². The van der Waals surface area contributed by atoms with Gasteiger partial charge in [0.2, 0.25) is 0 Å². The Labute approximate surface area is 126 Å². The van der Waals surface area contributed by atoms with Crippen molar-refractivity contribution in [2.45, 2.75) is 32.9 Å². The maximum atomic E-state index is 12.5. The van der Waals surface area contributed by atoms with Crippen LogP contribution in [0.4, 0.5) is 8.78 Å². The summed E-state index contributed by atoms with van der Waals surface area (Å²) >= 11 is 3.32. The Morgan fingerprint density at radius 3 is 2.55 bits per heavy atom. The van der Waals surface area contributed by atoms with Crippen molar-refractivity contribution in [3.63, 3.8) is 0 Å². The summed E-state index contributed by atoms with van der Waals surface area (Å²) in [6.45, 7) is 1.40. The molecule has 0 spiro atoms. The van der Waals surface area contributed by atoms with Crippen LogP contribution >= 0.6 is 15.9 Å². The van der Waals surface area contributed by atoms with Gasteiger partial charge in [0.1, 0.15) is 5.75 Å². The number of hydrogen-bond acceptors (Lipinski definition) is 2. The fraction of sp³-hybridized carbons (Fsp3) is 0.500. The number of carbonyl (C=O) groups is 1. The topological polar surface area (TPSA) is 29.5 Å². The largest absolute Gasteiger partial charge is 0.434 e. The molecule has 6 heteroatoms. The highest BCUT2D eigenvalue weighted by Crippen LogP contribution is 2.23. The smallest absolute Gasteiger partial charge is 0.387 e. The molecule has 0 radical (unpaired) electrons. The lowest BCUT2D eigenvalue weighted by molar-refractivity contribution is -0.0503. The summed E-state index contributed by atoms with van der Waals surface area (Å²) in [6, 6.07) is 6.06. The number of ether oxygens (including phenoxy) is 1. The molecule has 3 nitrogen and oxygen atoms in total.